The van der Waals surface area contributed by atoms with E-state index in [1.54, 1.807) is 6.08 Å². The molecule has 0 radical (unpaired) electrons. The van der Waals surface area contributed by atoms with Crippen LogP contribution in [0.15, 0.2) is 29.3 Å². The van der Waals surface area contributed by atoms with Crippen LogP contribution in [0.3, 0.4) is 0 Å². The average Bonchev–Trinajstić information content (AvgIpc) is 2.07. The van der Waals surface area contributed by atoms with Gasteiger partial charge in [0.25, 0.3) is 0 Å². The topological polar surface area (TPSA) is 29.4 Å². The standard InChI is InChI=1S/C10H13NO/c1-9-5-3-4-6-10(9,2)7-11-8-12/h3-6,9H,7H2,1-2H3. The molecular formula is C10H13NO. The van der Waals surface area contributed by atoms with E-state index in [1.165, 1.54) is 0 Å². The van der Waals surface area contributed by atoms with Gasteiger partial charge in [0.05, 0.1) is 6.54 Å². The van der Waals surface area contributed by atoms with Crippen LogP contribution in [-0.2, 0) is 4.79 Å². The largest absolute Gasteiger partial charge is 0.234 e. The van der Waals surface area contributed by atoms with E-state index in [2.05, 4.69) is 31.0 Å². The summed E-state index contributed by atoms with van der Waals surface area (Å²) >= 11 is 0. The van der Waals surface area contributed by atoms with Crippen LogP contribution in [0.25, 0.3) is 0 Å². The van der Waals surface area contributed by atoms with Crippen LogP contribution in [0.4, 0.5) is 0 Å². The molecule has 2 unspecified atom stereocenters. The molecule has 0 aromatic carbocycles. The molecule has 0 bridgehead atoms. The van der Waals surface area contributed by atoms with Gasteiger partial charge in [-0.2, -0.15) is 0 Å². The van der Waals surface area contributed by atoms with E-state index in [-0.39, 0.29) is 5.41 Å². The smallest absolute Gasteiger partial charge is 0.211 e. The zero-order valence-corrected chi connectivity index (χ0v) is 7.45. The molecule has 2 heteroatoms. The van der Waals surface area contributed by atoms with Gasteiger partial charge in [-0.15, -0.1) is 0 Å². The zero-order valence-electron chi connectivity index (χ0n) is 7.45. The Morgan fingerprint density at radius 3 is 2.92 bits per heavy atom. The van der Waals surface area contributed by atoms with Crippen molar-refractivity contribution < 1.29 is 4.79 Å². The molecule has 1 aliphatic rings. The van der Waals surface area contributed by atoms with Crippen LogP contribution in [0.2, 0.25) is 0 Å². The first-order valence-electron chi connectivity index (χ1n) is 4.09. The summed E-state index contributed by atoms with van der Waals surface area (Å²) in [6.07, 6.45) is 9.82. The maximum absolute atomic E-state index is 9.96. The minimum absolute atomic E-state index is 0.00778. The predicted molar refractivity (Wildman–Crippen MR) is 48.5 cm³/mol. The summed E-state index contributed by atoms with van der Waals surface area (Å²) in [5.41, 5.74) is -0.00778. The Labute approximate surface area is 72.7 Å². The first kappa shape index (κ1) is 8.95. The van der Waals surface area contributed by atoms with Crippen molar-refractivity contribution in [1.29, 1.82) is 0 Å². The van der Waals surface area contributed by atoms with Gasteiger partial charge < -0.3 is 0 Å². The molecule has 2 atom stereocenters. The molecule has 0 N–H and O–H groups in total. The predicted octanol–water partition coefficient (Wildman–Crippen LogP) is 2.09. The van der Waals surface area contributed by atoms with E-state index in [4.69, 9.17) is 0 Å². The van der Waals surface area contributed by atoms with Gasteiger partial charge in [0, 0.05) is 5.41 Å². The van der Waals surface area contributed by atoms with Crippen molar-refractivity contribution in [2.75, 3.05) is 6.54 Å². The van der Waals surface area contributed by atoms with Gasteiger partial charge in [0.1, 0.15) is 0 Å². The summed E-state index contributed by atoms with van der Waals surface area (Å²) in [6, 6.07) is 0. The van der Waals surface area contributed by atoms with E-state index in [0.29, 0.717) is 12.5 Å². The van der Waals surface area contributed by atoms with Crippen LogP contribution in [0.1, 0.15) is 13.8 Å². The van der Waals surface area contributed by atoms with Crippen LogP contribution in [-0.4, -0.2) is 12.6 Å². The number of carbonyl (C=O) groups excluding carboxylic acids is 1. The van der Waals surface area contributed by atoms with Gasteiger partial charge in [-0.25, -0.2) is 9.79 Å². The van der Waals surface area contributed by atoms with Crippen LogP contribution < -0.4 is 0 Å². The van der Waals surface area contributed by atoms with Gasteiger partial charge in [0.2, 0.25) is 6.08 Å². The van der Waals surface area contributed by atoms with Crippen LogP contribution in [0.5, 0.6) is 0 Å². The molecule has 0 aliphatic heterocycles. The Kier molecular flexibility index (Phi) is 2.61. The Hall–Kier alpha value is -1.14. The number of aliphatic imine (C=N–C) groups is 1. The third-order valence-electron chi connectivity index (χ3n) is 2.51. The van der Waals surface area contributed by atoms with Crippen LogP contribution in [0, 0.1) is 11.3 Å². The SMILES string of the molecule is CC1C=CC=CC1(C)CN=C=O. The number of hydrogen-bond acceptors (Lipinski definition) is 2. The fourth-order valence-electron chi connectivity index (χ4n) is 1.28. The van der Waals surface area contributed by atoms with Crippen molar-refractivity contribution in [2.24, 2.45) is 16.3 Å². The maximum atomic E-state index is 9.96. The highest BCUT2D eigenvalue weighted by Gasteiger charge is 2.27. The van der Waals surface area contributed by atoms with E-state index in [0.717, 1.165) is 0 Å². The molecule has 0 aromatic rings. The van der Waals surface area contributed by atoms with Gasteiger partial charge in [0.15, 0.2) is 0 Å². The van der Waals surface area contributed by atoms with Crippen molar-refractivity contribution in [3.63, 3.8) is 0 Å². The summed E-state index contributed by atoms with van der Waals surface area (Å²) in [5, 5.41) is 0. The second kappa shape index (κ2) is 3.51. The first-order valence-corrected chi connectivity index (χ1v) is 4.09. The lowest BCUT2D eigenvalue weighted by Crippen LogP contribution is -2.26. The Morgan fingerprint density at radius 2 is 2.33 bits per heavy atom. The molecule has 0 amide bonds. The highest BCUT2D eigenvalue weighted by molar-refractivity contribution is 5.33. The lowest BCUT2D eigenvalue weighted by molar-refractivity contribution is 0.337. The normalized spacial score (nSPS) is 33.0. The Morgan fingerprint density at radius 1 is 1.58 bits per heavy atom. The third kappa shape index (κ3) is 1.72. The summed E-state index contributed by atoms with van der Waals surface area (Å²) in [5.74, 6) is 0.430. The first-order chi connectivity index (χ1) is 5.69. The molecule has 1 rings (SSSR count). The molecule has 1 aliphatic carbocycles. The third-order valence-corrected chi connectivity index (χ3v) is 2.51. The molecule has 0 saturated carbocycles. The minimum atomic E-state index is -0.00778. The monoisotopic (exact) mass is 163 g/mol. The molecule has 0 fully saturated rings. The number of rotatable bonds is 2. The molecular weight excluding hydrogens is 150 g/mol. The van der Waals surface area contributed by atoms with Gasteiger partial charge in [-0.1, -0.05) is 38.2 Å². The molecule has 64 valence electrons. The number of isocyanates is 1. The summed E-state index contributed by atoms with van der Waals surface area (Å²) < 4.78 is 0. The molecule has 0 aromatic heterocycles. The molecule has 0 heterocycles. The van der Waals surface area contributed by atoms with Crippen molar-refractivity contribution in [3.8, 4) is 0 Å². The fourth-order valence-corrected chi connectivity index (χ4v) is 1.28. The average molecular weight is 163 g/mol. The highest BCUT2D eigenvalue weighted by atomic mass is 16.1. The van der Waals surface area contributed by atoms with Crippen molar-refractivity contribution >= 4 is 6.08 Å². The summed E-state index contributed by atoms with van der Waals surface area (Å²) in [6.45, 7) is 4.75. The molecule has 12 heavy (non-hydrogen) atoms. The second-order valence-electron chi connectivity index (χ2n) is 3.45. The Balaban J connectivity index is 2.75. The summed E-state index contributed by atoms with van der Waals surface area (Å²) in [4.78, 5) is 13.6. The number of allylic oxidation sites excluding steroid dienone is 3. The lowest BCUT2D eigenvalue weighted by Gasteiger charge is -2.30. The van der Waals surface area contributed by atoms with Crippen molar-refractivity contribution in [1.82, 2.24) is 0 Å². The molecule has 0 spiro atoms. The summed E-state index contributed by atoms with van der Waals surface area (Å²) in [7, 11) is 0. The van der Waals surface area contributed by atoms with Gasteiger partial charge in [-0.05, 0) is 5.92 Å². The molecule has 0 saturated heterocycles. The number of nitrogens with zero attached hydrogens (tertiary/aromatic N) is 1. The molecule has 2 nitrogen and oxygen atoms in total. The quantitative estimate of drug-likeness (QED) is 0.452. The second-order valence-corrected chi connectivity index (χ2v) is 3.45. The maximum Gasteiger partial charge on any atom is 0.234 e. The van der Waals surface area contributed by atoms with E-state index in [9.17, 15) is 4.79 Å². The zero-order chi connectivity index (χ0) is 9.03. The van der Waals surface area contributed by atoms with E-state index >= 15 is 0 Å². The van der Waals surface area contributed by atoms with E-state index < -0.39 is 0 Å². The van der Waals surface area contributed by atoms with E-state index in [1.807, 2.05) is 12.2 Å². The fraction of sp³-hybridized carbons (Fsp3) is 0.500. The van der Waals surface area contributed by atoms with Crippen molar-refractivity contribution in [3.05, 3.63) is 24.3 Å². The lowest BCUT2D eigenvalue weighted by atomic mass is 9.75. The van der Waals surface area contributed by atoms with Crippen molar-refractivity contribution in [2.45, 2.75) is 13.8 Å². The highest BCUT2D eigenvalue weighted by Crippen LogP contribution is 2.32. The minimum Gasteiger partial charge on any atom is -0.211 e. The van der Waals surface area contributed by atoms with Gasteiger partial charge in [-0.3, -0.25) is 0 Å². The van der Waals surface area contributed by atoms with Crippen LogP contribution >= 0.6 is 0 Å². The number of hydrogen-bond donors (Lipinski definition) is 0. The van der Waals surface area contributed by atoms with Gasteiger partial charge >= 0.3 is 0 Å². The Bertz CT molecular complexity index is 261.